The Hall–Kier alpha value is -3.39. The zero-order valence-electron chi connectivity index (χ0n) is 22.4. The summed E-state index contributed by atoms with van der Waals surface area (Å²) in [5.74, 6) is -2.05. The second-order valence-corrected chi connectivity index (χ2v) is 10.7. The predicted molar refractivity (Wildman–Crippen MR) is 141 cm³/mol. The first-order valence-electron chi connectivity index (χ1n) is 12.6. The van der Waals surface area contributed by atoms with Crippen LogP contribution in [0.15, 0.2) is 54.6 Å². The number of ether oxygens (including phenoxy) is 2. The molecule has 1 heterocycles. The maximum atomic E-state index is 13.8. The molecule has 5 atom stereocenters. The van der Waals surface area contributed by atoms with Crippen molar-refractivity contribution in [1.29, 1.82) is 0 Å². The van der Waals surface area contributed by atoms with Crippen molar-refractivity contribution in [3.8, 4) is 11.1 Å². The van der Waals surface area contributed by atoms with Crippen molar-refractivity contribution >= 4 is 18.0 Å². The third kappa shape index (κ3) is 7.10. The normalized spacial score (nSPS) is 20.1. The number of carboxylic acid groups (broad SMARTS) is 1. The van der Waals surface area contributed by atoms with Gasteiger partial charge in [0.1, 0.15) is 17.7 Å². The molecule has 0 aliphatic carbocycles. The van der Waals surface area contributed by atoms with Crippen LogP contribution < -0.4 is 5.32 Å². The van der Waals surface area contributed by atoms with Crippen molar-refractivity contribution in [2.24, 2.45) is 5.92 Å². The van der Waals surface area contributed by atoms with Gasteiger partial charge in [-0.25, -0.2) is 9.59 Å². The smallest absolute Gasteiger partial charge is 0.408 e. The quantitative estimate of drug-likeness (QED) is 0.534. The van der Waals surface area contributed by atoms with Crippen LogP contribution in [0, 0.1) is 5.92 Å². The lowest BCUT2D eigenvalue weighted by Gasteiger charge is -2.34. The topological polar surface area (TPSA) is 105 Å². The Bertz CT molecular complexity index is 1080. The number of alkyl carbamates (subject to hydrolysis) is 1. The number of nitrogens with zero attached hydrogens (tertiary/aromatic N) is 1. The molecule has 200 valence electrons. The van der Waals surface area contributed by atoms with Crippen LogP contribution in [0.1, 0.15) is 52.5 Å². The van der Waals surface area contributed by atoms with Gasteiger partial charge >= 0.3 is 12.1 Å². The minimum atomic E-state index is -1.10. The number of carbonyl (C=O) groups excluding carboxylic acids is 2. The number of rotatable bonds is 8. The highest BCUT2D eigenvalue weighted by atomic mass is 16.6. The summed E-state index contributed by atoms with van der Waals surface area (Å²) in [7, 11) is 1.50. The number of benzene rings is 2. The van der Waals surface area contributed by atoms with Gasteiger partial charge in [-0.05, 0) is 49.3 Å². The first-order valence-corrected chi connectivity index (χ1v) is 12.6. The van der Waals surface area contributed by atoms with Crippen molar-refractivity contribution in [3.63, 3.8) is 0 Å². The summed E-state index contributed by atoms with van der Waals surface area (Å²) in [5, 5.41) is 12.5. The van der Waals surface area contributed by atoms with Gasteiger partial charge in [0.15, 0.2) is 0 Å². The van der Waals surface area contributed by atoms with Crippen LogP contribution in [0.4, 0.5) is 4.79 Å². The standard InChI is InChI=1S/C29H38N2O6/c1-18(20-12-14-22(15-13-20)21-10-8-7-9-11-21)19(2)25(30-28(35)37-29(3,4)5)26(32)31-17-23(36-6)16-24(31)27(33)34/h7-15,18-19,23-25H,16-17H2,1-6H3,(H,30,35)(H,33,34)/t18-,19?,23?,24?,25+/m1/s1. The minimum absolute atomic E-state index is 0.127. The van der Waals surface area contributed by atoms with E-state index in [2.05, 4.69) is 5.32 Å². The number of carboxylic acids is 1. The van der Waals surface area contributed by atoms with Crippen LogP contribution in [0.2, 0.25) is 0 Å². The molecule has 0 saturated carbocycles. The van der Waals surface area contributed by atoms with Crippen LogP contribution in [-0.4, -0.2) is 65.4 Å². The van der Waals surface area contributed by atoms with Gasteiger partial charge in [0, 0.05) is 20.1 Å². The number of carbonyl (C=O) groups is 3. The highest BCUT2D eigenvalue weighted by molar-refractivity contribution is 5.90. The fourth-order valence-corrected chi connectivity index (χ4v) is 4.68. The van der Waals surface area contributed by atoms with Gasteiger partial charge in [0.25, 0.3) is 0 Å². The zero-order valence-corrected chi connectivity index (χ0v) is 22.4. The second-order valence-electron chi connectivity index (χ2n) is 10.7. The molecule has 2 N–H and O–H groups in total. The van der Waals surface area contributed by atoms with Crippen LogP contribution in [0.25, 0.3) is 11.1 Å². The third-order valence-electron chi connectivity index (χ3n) is 6.96. The molecule has 1 fully saturated rings. The van der Waals surface area contributed by atoms with E-state index in [9.17, 15) is 19.5 Å². The Balaban J connectivity index is 1.87. The SMILES string of the molecule is COC1CC(C(=O)O)N(C(=O)[C@@H](NC(=O)OC(C)(C)C)C(C)[C@@H](C)c2ccc(-c3ccccc3)cc2)C1. The molecule has 0 aromatic heterocycles. The fraction of sp³-hybridized carbons (Fsp3) is 0.483. The first kappa shape index (κ1) is 28.2. The van der Waals surface area contributed by atoms with Crippen LogP contribution >= 0.6 is 0 Å². The Kier molecular flexibility index (Phi) is 8.97. The largest absolute Gasteiger partial charge is 0.480 e. The molecule has 0 bridgehead atoms. The van der Waals surface area contributed by atoms with Crippen molar-refractivity contribution in [2.45, 2.75) is 70.7 Å². The van der Waals surface area contributed by atoms with Crippen molar-refractivity contribution < 1.29 is 29.0 Å². The van der Waals surface area contributed by atoms with E-state index in [1.54, 1.807) is 20.8 Å². The van der Waals surface area contributed by atoms with E-state index < -0.39 is 35.7 Å². The van der Waals surface area contributed by atoms with E-state index in [1.165, 1.54) is 12.0 Å². The number of likely N-dealkylation sites (tertiary alicyclic amines) is 1. The lowest BCUT2D eigenvalue weighted by molar-refractivity contribution is -0.149. The van der Waals surface area contributed by atoms with Gasteiger partial charge < -0.3 is 24.8 Å². The molecule has 2 aromatic rings. The van der Waals surface area contributed by atoms with Gasteiger partial charge in [0.2, 0.25) is 5.91 Å². The molecule has 3 unspecified atom stereocenters. The van der Waals surface area contributed by atoms with Crippen molar-refractivity contribution in [2.75, 3.05) is 13.7 Å². The maximum absolute atomic E-state index is 13.8. The van der Waals surface area contributed by atoms with Gasteiger partial charge in [0.05, 0.1) is 6.10 Å². The van der Waals surface area contributed by atoms with Gasteiger partial charge in [-0.15, -0.1) is 0 Å². The monoisotopic (exact) mass is 510 g/mol. The average molecular weight is 511 g/mol. The molecule has 1 aliphatic heterocycles. The Morgan fingerprint density at radius 1 is 1.00 bits per heavy atom. The van der Waals surface area contributed by atoms with Crippen LogP contribution in [0.5, 0.6) is 0 Å². The molecule has 2 aromatic carbocycles. The van der Waals surface area contributed by atoms with E-state index in [0.29, 0.717) is 0 Å². The number of hydrogen-bond acceptors (Lipinski definition) is 5. The lowest BCUT2D eigenvalue weighted by atomic mass is 9.82. The summed E-state index contributed by atoms with van der Waals surface area (Å²) in [6, 6.07) is 16.2. The van der Waals surface area contributed by atoms with E-state index >= 15 is 0 Å². The summed E-state index contributed by atoms with van der Waals surface area (Å²) < 4.78 is 10.8. The predicted octanol–water partition coefficient (Wildman–Crippen LogP) is 4.69. The first-order chi connectivity index (χ1) is 17.4. The Morgan fingerprint density at radius 2 is 1.59 bits per heavy atom. The molecule has 8 heteroatoms. The number of aliphatic carboxylic acids is 1. The van der Waals surface area contributed by atoms with Crippen LogP contribution in [-0.2, 0) is 19.1 Å². The summed E-state index contributed by atoms with van der Waals surface area (Å²) >= 11 is 0. The highest BCUT2D eigenvalue weighted by Crippen LogP contribution is 2.31. The molecule has 1 aliphatic rings. The van der Waals surface area contributed by atoms with E-state index in [4.69, 9.17) is 9.47 Å². The molecule has 1 saturated heterocycles. The molecule has 0 radical (unpaired) electrons. The molecular weight excluding hydrogens is 472 g/mol. The van der Waals surface area contributed by atoms with Crippen molar-refractivity contribution in [1.82, 2.24) is 10.2 Å². The van der Waals surface area contributed by atoms with Crippen LogP contribution in [0.3, 0.4) is 0 Å². The van der Waals surface area contributed by atoms with Gasteiger partial charge in [-0.3, -0.25) is 4.79 Å². The lowest BCUT2D eigenvalue weighted by Crippen LogP contribution is -2.55. The van der Waals surface area contributed by atoms with E-state index in [-0.39, 0.29) is 30.9 Å². The third-order valence-corrected chi connectivity index (χ3v) is 6.96. The molecule has 37 heavy (non-hydrogen) atoms. The molecular formula is C29H38N2O6. The zero-order chi connectivity index (χ0) is 27.3. The average Bonchev–Trinajstić information content (AvgIpc) is 3.31. The fourth-order valence-electron chi connectivity index (χ4n) is 4.68. The Morgan fingerprint density at radius 3 is 2.14 bits per heavy atom. The van der Waals surface area contributed by atoms with Crippen molar-refractivity contribution in [3.05, 3.63) is 60.2 Å². The molecule has 8 nitrogen and oxygen atoms in total. The maximum Gasteiger partial charge on any atom is 0.408 e. The molecule has 2 amide bonds. The van der Waals surface area contributed by atoms with Gasteiger partial charge in [-0.2, -0.15) is 0 Å². The Labute approximate surface area is 219 Å². The summed E-state index contributed by atoms with van der Waals surface area (Å²) in [6.07, 6.45) is -0.911. The number of hydrogen-bond donors (Lipinski definition) is 2. The summed E-state index contributed by atoms with van der Waals surface area (Å²) in [4.78, 5) is 39.7. The summed E-state index contributed by atoms with van der Waals surface area (Å²) in [5.41, 5.74) is 2.44. The van der Waals surface area contributed by atoms with Gasteiger partial charge in [-0.1, -0.05) is 68.4 Å². The number of methoxy groups -OCH3 is 1. The minimum Gasteiger partial charge on any atom is -0.480 e. The number of nitrogens with one attached hydrogen (secondary N) is 1. The molecule has 3 rings (SSSR count). The highest BCUT2D eigenvalue weighted by Gasteiger charge is 2.44. The number of amides is 2. The van der Waals surface area contributed by atoms with E-state index in [0.717, 1.165) is 16.7 Å². The molecule has 0 spiro atoms. The second kappa shape index (κ2) is 11.8. The summed E-state index contributed by atoms with van der Waals surface area (Å²) in [6.45, 7) is 9.26. The van der Waals surface area contributed by atoms with E-state index in [1.807, 2.05) is 68.4 Å².